The molecule has 0 radical (unpaired) electrons. The number of aromatic nitrogens is 2. The number of rotatable bonds is 5. The quantitative estimate of drug-likeness (QED) is 0.702. The number of hydrogen-bond donors (Lipinski definition) is 2. The maximum Gasteiger partial charge on any atom is 0.325 e. The van der Waals surface area contributed by atoms with Crippen LogP contribution in [-0.4, -0.2) is 44.4 Å². The second-order valence-corrected chi connectivity index (χ2v) is 10.1. The Balaban J connectivity index is 1.39. The number of carbonyl (C=O) groups excluding carboxylic acids is 3. The topological polar surface area (TPSA) is 96.3 Å². The molecule has 0 unspecified atom stereocenters. The summed E-state index contributed by atoms with van der Waals surface area (Å²) in [7, 11) is 0. The molecule has 1 aliphatic heterocycles. The average molecular weight is 438 g/mol. The van der Waals surface area contributed by atoms with Gasteiger partial charge in [0.25, 0.3) is 5.91 Å². The first-order valence-electron chi connectivity index (χ1n) is 11.1. The maximum atomic E-state index is 13.2. The molecule has 32 heavy (non-hydrogen) atoms. The summed E-state index contributed by atoms with van der Waals surface area (Å²) in [6.07, 6.45) is 7.51. The summed E-state index contributed by atoms with van der Waals surface area (Å²) >= 11 is 0. The number of hydrogen-bond acceptors (Lipinski definition) is 4. The summed E-state index contributed by atoms with van der Waals surface area (Å²) in [4.78, 5) is 43.6. The number of nitrogens with zero attached hydrogens (tertiary/aromatic N) is 3. The highest BCUT2D eigenvalue weighted by molar-refractivity contribution is 6.09. The van der Waals surface area contributed by atoms with Gasteiger partial charge in [-0.15, -0.1) is 0 Å². The Kier molecular flexibility index (Phi) is 5.56. The van der Waals surface area contributed by atoms with E-state index in [1.165, 1.54) is 0 Å². The molecule has 1 aliphatic carbocycles. The van der Waals surface area contributed by atoms with Crippen molar-refractivity contribution in [3.63, 3.8) is 0 Å². The molecule has 1 aromatic heterocycles. The lowest BCUT2D eigenvalue weighted by Crippen LogP contribution is -2.54. The van der Waals surface area contributed by atoms with Crippen LogP contribution < -0.4 is 10.6 Å². The van der Waals surface area contributed by atoms with Crippen molar-refractivity contribution in [3.05, 3.63) is 48.5 Å². The molecule has 2 heterocycles. The van der Waals surface area contributed by atoms with E-state index in [-0.39, 0.29) is 29.8 Å². The lowest BCUT2D eigenvalue weighted by molar-refractivity contribution is -0.137. The standard InChI is InChI=1S/C24H31N5O3/c1-16-11-23(3,4)14-24(12-16)21(31)29(22(32)27-24)13-20(30)26-17(2)18-5-7-19(8-6-18)28-10-9-25-15-28/h5-10,15-17H,11-14H2,1-4H3,(H,26,30)(H,27,32)/t16-,17-,24-/m1/s1. The van der Waals surface area contributed by atoms with Gasteiger partial charge in [-0.25, -0.2) is 9.78 Å². The molecule has 2 fully saturated rings. The zero-order valence-electron chi connectivity index (χ0n) is 19.1. The zero-order valence-corrected chi connectivity index (χ0v) is 19.1. The van der Waals surface area contributed by atoms with Crippen LogP contribution in [0.3, 0.4) is 0 Å². The van der Waals surface area contributed by atoms with E-state index in [0.29, 0.717) is 18.8 Å². The fourth-order valence-corrected chi connectivity index (χ4v) is 5.51. The Bertz CT molecular complexity index is 1010. The Morgan fingerprint density at radius 3 is 2.59 bits per heavy atom. The van der Waals surface area contributed by atoms with Gasteiger partial charge >= 0.3 is 6.03 Å². The molecule has 0 bridgehead atoms. The summed E-state index contributed by atoms with van der Waals surface area (Å²) in [6.45, 7) is 7.96. The lowest BCUT2D eigenvalue weighted by atomic mass is 9.64. The molecule has 1 saturated carbocycles. The van der Waals surface area contributed by atoms with Gasteiger partial charge < -0.3 is 15.2 Å². The molecule has 4 rings (SSSR count). The number of benzene rings is 1. The molecule has 8 heteroatoms. The van der Waals surface area contributed by atoms with Gasteiger partial charge in [0.2, 0.25) is 5.91 Å². The number of carbonyl (C=O) groups is 3. The molecule has 2 aliphatic rings. The Morgan fingerprint density at radius 1 is 1.25 bits per heavy atom. The third-order valence-corrected chi connectivity index (χ3v) is 6.50. The fourth-order valence-electron chi connectivity index (χ4n) is 5.51. The number of urea groups is 1. The van der Waals surface area contributed by atoms with Crippen molar-refractivity contribution in [1.29, 1.82) is 0 Å². The molecule has 1 spiro atoms. The van der Waals surface area contributed by atoms with E-state index in [1.54, 1.807) is 12.5 Å². The van der Waals surface area contributed by atoms with Gasteiger partial charge in [0, 0.05) is 18.1 Å². The highest BCUT2D eigenvalue weighted by Crippen LogP contribution is 2.46. The van der Waals surface area contributed by atoms with Gasteiger partial charge in [0.05, 0.1) is 12.4 Å². The molecule has 2 aromatic rings. The van der Waals surface area contributed by atoms with E-state index >= 15 is 0 Å². The second-order valence-electron chi connectivity index (χ2n) is 10.1. The van der Waals surface area contributed by atoms with Crippen molar-refractivity contribution in [3.8, 4) is 5.69 Å². The highest BCUT2D eigenvalue weighted by atomic mass is 16.2. The normalized spacial score (nSPS) is 25.6. The van der Waals surface area contributed by atoms with Crippen LogP contribution in [-0.2, 0) is 9.59 Å². The minimum atomic E-state index is -0.896. The van der Waals surface area contributed by atoms with Gasteiger partial charge in [-0.05, 0) is 55.2 Å². The third-order valence-electron chi connectivity index (χ3n) is 6.50. The van der Waals surface area contributed by atoms with Crippen LogP contribution in [0.25, 0.3) is 5.69 Å². The van der Waals surface area contributed by atoms with E-state index in [0.717, 1.165) is 22.6 Å². The SMILES string of the molecule is C[C@@H]1CC(C)(C)C[C@@]2(C1)NC(=O)N(CC(=O)N[C@H](C)c1ccc(-n3ccnc3)cc1)C2=O. The van der Waals surface area contributed by atoms with Crippen molar-refractivity contribution in [1.82, 2.24) is 25.1 Å². The Labute approximate surface area is 188 Å². The molecule has 1 aromatic carbocycles. The van der Waals surface area contributed by atoms with E-state index in [9.17, 15) is 14.4 Å². The molecule has 8 nitrogen and oxygen atoms in total. The minimum Gasteiger partial charge on any atom is -0.348 e. The van der Waals surface area contributed by atoms with Crippen LogP contribution in [0.1, 0.15) is 58.6 Å². The van der Waals surface area contributed by atoms with Crippen molar-refractivity contribution in [2.24, 2.45) is 11.3 Å². The third kappa shape index (κ3) is 4.26. The summed E-state index contributed by atoms with van der Waals surface area (Å²) in [5.41, 5.74) is 0.960. The number of imidazole rings is 1. The number of nitrogens with one attached hydrogen (secondary N) is 2. The van der Waals surface area contributed by atoms with E-state index in [2.05, 4.69) is 36.4 Å². The lowest BCUT2D eigenvalue weighted by Gasteiger charge is -2.43. The highest BCUT2D eigenvalue weighted by Gasteiger charge is 2.56. The zero-order chi connectivity index (χ0) is 23.1. The van der Waals surface area contributed by atoms with Crippen LogP contribution in [0.15, 0.2) is 43.0 Å². The summed E-state index contributed by atoms with van der Waals surface area (Å²) in [6, 6.07) is 7.04. The van der Waals surface area contributed by atoms with Crippen LogP contribution in [0, 0.1) is 11.3 Å². The predicted octanol–water partition coefficient (Wildman–Crippen LogP) is 3.19. The van der Waals surface area contributed by atoms with Crippen molar-refractivity contribution >= 4 is 17.8 Å². The summed E-state index contributed by atoms with van der Waals surface area (Å²) < 4.78 is 1.90. The van der Waals surface area contributed by atoms with Crippen molar-refractivity contribution in [2.45, 2.75) is 58.5 Å². The second kappa shape index (κ2) is 8.07. The van der Waals surface area contributed by atoms with Crippen LogP contribution in [0.4, 0.5) is 4.79 Å². The monoisotopic (exact) mass is 437 g/mol. The fraction of sp³-hybridized carbons (Fsp3) is 0.500. The van der Waals surface area contributed by atoms with Crippen molar-refractivity contribution < 1.29 is 14.4 Å². The van der Waals surface area contributed by atoms with E-state index in [1.807, 2.05) is 42.0 Å². The van der Waals surface area contributed by atoms with Crippen LogP contribution in [0.2, 0.25) is 0 Å². The van der Waals surface area contributed by atoms with Gasteiger partial charge in [0.15, 0.2) is 0 Å². The van der Waals surface area contributed by atoms with Gasteiger partial charge in [-0.2, -0.15) is 0 Å². The van der Waals surface area contributed by atoms with E-state index in [4.69, 9.17) is 0 Å². The Hall–Kier alpha value is -3.16. The maximum absolute atomic E-state index is 13.2. The van der Waals surface area contributed by atoms with Crippen LogP contribution in [0.5, 0.6) is 0 Å². The number of amides is 4. The largest absolute Gasteiger partial charge is 0.348 e. The molecule has 4 amide bonds. The van der Waals surface area contributed by atoms with E-state index < -0.39 is 11.6 Å². The van der Waals surface area contributed by atoms with Gasteiger partial charge in [0.1, 0.15) is 12.1 Å². The predicted molar refractivity (Wildman–Crippen MR) is 120 cm³/mol. The Morgan fingerprint density at radius 2 is 1.97 bits per heavy atom. The molecule has 170 valence electrons. The first-order valence-corrected chi connectivity index (χ1v) is 11.1. The van der Waals surface area contributed by atoms with Crippen LogP contribution >= 0.6 is 0 Å². The smallest absolute Gasteiger partial charge is 0.325 e. The molecule has 3 atom stereocenters. The number of imide groups is 1. The average Bonchev–Trinajstić information content (AvgIpc) is 3.30. The molecule has 2 N–H and O–H groups in total. The molecular formula is C24H31N5O3. The first kappa shape index (κ1) is 22.0. The molecular weight excluding hydrogens is 406 g/mol. The minimum absolute atomic E-state index is 0.0454. The van der Waals surface area contributed by atoms with Gasteiger partial charge in [-0.3, -0.25) is 14.5 Å². The van der Waals surface area contributed by atoms with Crippen molar-refractivity contribution in [2.75, 3.05) is 6.54 Å². The summed E-state index contributed by atoms with van der Waals surface area (Å²) in [5, 5.41) is 5.82. The molecule has 1 saturated heterocycles. The van der Waals surface area contributed by atoms with Gasteiger partial charge in [-0.1, -0.05) is 32.9 Å². The first-order chi connectivity index (χ1) is 15.1. The summed E-state index contributed by atoms with van der Waals surface area (Å²) in [5.74, 6) is -0.323.